The van der Waals surface area contributed by atoms with Gasteiger partial charge in [-0.05, 0) is 59.3 Å². The van der Waals surface area contributed by atoms with E-state index in [4.69, 9.17) is 14.6 Å². The molecule has 246 valence electrons. The summed E-state index contributed by atoms with van der Waals surface area (Å²) in [6.07, 6.45) is 1.44. The minimum absolute atomic E-state index is 0.00448. The van der Waals surface area contributed by atoms with Crippen LogP contribution >= 0.6 is 0 Å². The number of carbonyl (C=O) groups is 2. The molecule has 0 saturated carbocycles. The van der Waals surface area contributed by atoms with Crippen molar-refractivity contribution in [2.45, 2.75) is 70.3 Å². The molecule has 3 atom stereocenters. The zero-order valence-corrected chi connectivity index (χ0v) is 26.9. The van der Waals surface area contributed by atoms with E-state index in [1.807, 2.05) is 60.7 Å². The highest BCUT2D eigenvalue weighted by atomic mass is 16.7. The van der Waals surface area contributed by atoms with Crippen molar-refractivity contribution in [3.63, 3.8) is 0 Å². The van der Waals surface area contributed by atoms with Gasteiger partial charge in [0.15, 0.2) is 6.29 Å². The van der Waals surface area contributed by atoms with Crippen LogP contribution in [0.4, 0.5) is 0 Å². The molecule has 5 rings (SSSR count). The first-order valence-electron chi connectivity index (χ1n) is 16.3. The molecule has 4 aromatic rings. The summed E-state index contributed by atoms with van der Waals surface area (Å²) in [5.74, 6) is -0.917. The molecule has 1 aliphatic rings. The van der Waals surface area contributed by atoms with Crippen molar-refractivity contribution in [1.29, 1.82) is 0 Å². The third-order valence-corrected chi connectivity index (χ3v) is 8.40. The van der Waals surface area contributed by atoms with Crippen LogP contribution in [-0.4, -0.2) is 46.7 Å². The zero-order valence-electron chi connectivity index (χ0n) is 26.9. The molecule has 0 aliphatic carbocycles. The third kappa shape index (κ3) is 10.3. The number of carboxylic acids is 1. The van der Waals surface area contributed by atoms with Gasteiger partial charge >= 0.3 is 5.97 Å². The fraction of sp³-hybridized carbons (Fsp3) is 0.333. The lowest BCUT2D eigenvalue weighted by Crippen LogP contribution is -2.37. The molecular weight excluding hydrogens is 592 g/mol. The van der Waals surface area contributed by atoms with Crippen LogP contribution in [0, 0.1) is 0 Å². The lowest BCUT2D eigenvalue weighted by Gasteiger charge is -2.38. The summed E-state index contributed by atoms with van der Waals surface area (Å²) in [4.78, 5) is 25.2. The minimum Gasteiger partial charge on any atom is -0.481 e. The Hall–Kier alpha value is -4.34. The van der Waals surface area contributed by atoms with Gasteiger partial charge in [0.25, 0.3) is 0 Å². The van der Waals surface area contributed by atoms with E-state index >= 15 is 0 Å². The summed E-state index contributed by atoms with van der Waals surface area (Å²) < 4.78 is 13.1. The maximum Gasteiger partial charge on any atom is 0.303 e. The number of carbonyl (C=O) groups excluding carboxylic acids is 1. The van der Waals surface area contributed by atoms with E-state index < -0.39 is 12.3 Å². The number of hydrogen-bond acceptors (Lipinski definition) is 6. The molecule has 1 saturated heterocycles. The monoisotopic (exact) mass is 636 g/mol. The first-order valence-corrected chi connectivity index (χ1v) is 16.3. The van der Waals surface area contributed by atoms with Crippen LogP contribution in [0.3, 0.4) is 0 Å². The lowest BCUT2D eigenvalue weighted by atomic mass is 9.99. The standard InChI is InChI=1S/C39H44N2O6/c1-41(25-28-8-3-2-4-9-28)26-35-23-36(32-16-14-29(27-42)15-17-32)47-39(46-35)33-20-18-31(19-21-33)34-11-7-10-30(22-34)24-40-37(43)12-5-6-13-38(44)45/h2-4,7-11,14-22,35-36,39,42H,5-6,12-13,23-27H2,1H3,(H,40,43)(H,44,45). The number of benzene rings is 4. The molecule has 3 unspecified atom stereocenters. The second kappa shape index (κ2) is 17.0. The Morgan fingerprint density at radius 3 is 2.21 bits per heavy atom. The number of ether oxygens (including phenoxy) is 2. The number of aliphatic carboxylic acids is 1. The van der Waals surface area contributed by atoms with Gasteiger partial charge in [0, 0.05) is 44.5 Å². The first kappa shape index (κ1) is 34.0. The van der Waals surface area contributed by atoms with Crippen molar-refractivity contribution >= 4 is 11.9 Å². The highest BCUT2D eigenvalue weighted by Gasteiger charge is 2.32. The maximum absolute atomic E-state index is 12.2. The Labute approximate surface area is 277 Å². The summed E-state index contributed by atoms with van der Waals surface area (Å²) in [5.41, 5.74) is 7.19. The summed E-state index contributed by atoms with van der Waals surface area (Å²) in [7, 11) is 2.11. The van der Waals surface area contributed by atoms with Gasteiger partial charge < -0.3 is 25.0 Å². The molecule has 3 N–H and O–H groups in total. The summed E-state index contributed by atoms with van der Waals surface area (Å²) in [6.45, 7) is 1.99. The van der Waals surface area contributed by atoms with Gasteiger partial charge in [-0.2, -0.15) is 0 Å². The van der Waals surface area contributed by atoms with Crippen LogP contribution < -0.4 is 5.32 Å². The van der Waals surface area contributed by atoms with Crippen molar-refractivity contribution < 1.29 is 29.3 Å². The number of nitrogens with one attached hydrogen (secondary N) is 1. The molecular formula is C39H44N2O6. The maximum atomic E-state index is 12.2. The number of hydrogen-bond donors (Lipinski definition) is 3. The summed E-state index contributed by atoms with van der Waals surface area (Å²) in [5, 5.41) is 21.2. The smallest absolute Gasteiger partial charge is 0.303 e. The van der Waals surface area contributed by atoms with Crippen molar-refractivity contribution in [2.75, 3.05) is 13.6 Å². The summed E-state index contributed by atoms with van der Waals surface area (Å²) >= 11 is 0. The predicted molar refractivity (Wildman–Crippen MR) is 181 cm³/mol. The molecule has 0 spiro atoms. The first-order chi connectivity index (χ1) is 22.9. The Balaban J connectivity index is 1.24. The number of rotatable bonds is 15. The second-order valence-electron chi connectivity index (χ2n) is 12.2. The molecule has 0 bridgehead atoms. The fourth-order valence-electron chi connectivity index (χ4n) is 5.88. The van der Waals surface area contributed by atoms with Crippen molar-refractivity contribution in [3.05, 3.63) is 131 Å². The predicted octanol–water partition coefficient (Wildman–Crippen LogP) is 6.78. The van der Waals surface area contributed by atoms with E-state index in [1.54, 1.807) is 0 Å². The third-order valence-electron chi connectivity index (χ3n) is 8.40. The van der Waals surface area contributed by atoms with E-state index in [0.717, 1.165) is 52.9 Å². The molecule has 47 heavy (non-hydrogen) atoms. The Morgan fingerprint density at radius 2 is 1.49 bits per heavy atom. The normalized spacial score (nSPS) is 17.8. The Morgan fingerprint density at radius 1 is 0.787 bits per heavy atom. The topological polar surface area (TPSA) is 108 Å². The van der Waals surface area contributed by atoms with E-state index in [9.17, 15) is 14.7 Å². The molecule has 0 radical (unpaired) electrons. The molecule has 1 heterocycles. The molecule has 4 aromatic carbocycles. The number of carboxylic acid groups (broad SMARTS) is 1. The van der Waals surface area contributed by atoms with Crippen LogP contribution in [0.25, 0.3) is 11.1 Å². The van der Waals surface area contributed by atoms with Crippen LogP contribution in [0.5, 0.6) is 0 Å². The zero-order chi connectivity index (χ0) is 33.0. The van der Waals surface area contributed by atoms with E-state index in [2.05, 4.69) is 59.7 Å². The molecule has 8 nitrogen and oxygen atoms in total. The van der Waals surface area contributed by atoms with Gasteiger partial charge in [0.1, 0.15) is 0 Å². The number of aliphatic hydroxyl groups is 1. The quantitative estimate of drug-likeness (QED) is 0.123. The van der Waals surface area contributed by atoms with Gasteiger partial charge in [-0.3, -0.25) is 14.5 Å². The number of aliphatic hydroxyl groups excluding tert-OH is 1. The van der Waals surface area contributed by atoms with Gasteiger partial charge in [-0.1, -0.05) is 97.1 Å². The SMILES string of the molecule is CN(Cc1ccccc1)CC1CC(c2ccc(CO)cc2)OC(c2ccc(-c3cccc(CNC(=O)CCCCC(=O)O)c3)cc2)O1. The largest absolute Gasteiger partial charge is 0.481 e. The number of unbranched alkanes of at least 4 members (excludes halogenated alkanes) is 1. The Bertz CT molecular complexity index is 1580. The van der Waals surface area contributed by atoms with Gasteiger partial charge in [-0.25, -0.2) is 0 Å². The number of likely N-dealkylation sites (N-methyl/N-ethyl adjacent to an activating group) is 1. The molecule has 0 aromatic heterocycles. The van der Waals surface area contributed by atoms with E-state index in [1.165, 1.54) is 5.56 Å². The minimum atomic E-state index is -0.838. The highest BCUT2D eigenvalue weighted by Crippen LogP contribution is 2.38. The van der Waals surface area contributed by atoms with Crippen LogP contribution in [-0.2, 0) is 38.8 Å². The van der Waals surface area contributed by atoms with Crippen LogP contribution in [0.1, 0.15) is 72.3 Å². The van der Waals surface area contributed by atoms with E-state index in [-0.39, 0.29) is 31.1 Å². The molecule has 1 aliphatic heterocycles. The van der Waals surface area contributed by atoms with Crippen LogP contribution in [0.2, 0.25) is 0 Å². The molecule has 8 heteroatoms. The van der Waals surface area contributed by atoms with Crippen molar-refractivity contribution in [2.24, 2.45) is 0 Å². The number of amides is 1. The number of nitrogens with zero attached hydrogens (tertiary/aromatic N) is 1. The molecule has 1 amide bonds. The Kier molecular flexibility index (Phi) is 12.3. The van der Waals surface area contributed by atoms with Gasteiger partial charge in [-0.15, -0.1) is 0 Å². The summed E-state index contributed by atoms with van der Waals surface area (Å²) in [6, 6.07) is 34.7. The van der Waals surface area contributed by atoms with Crippen LogP contribution in [0.15, 0.2) is 103 Å². The van der Waals surface area contributed by atoms with Crippen molar-refractivity contribution in [1.82, 2.24) is 10.2 Å². The lowest BCUT2D eigenvalue weighted by molar-refractivity contribution is -0.252. The van der Waals surface area contributed by atoms with E-state index in [0.29, 0.717) is 25.8 Å². The van der Waals surface area contributed by atoms with Gasteiger partial charge in [0.2, 0.25) is 5.91 Å². The van der Waals surface area contributed by atoms with Gasteiger partial charge in [0.05, 0.1) is 18.8 Å². The van der Waals surface area contributed by atoms with Crippen molar-refractivity contribution in [3.8, 4) is 11.1 Å². The highest BCUT2D eigenvalue weighted by molar-refractivity contribution is 5.76. The second-order valence-corrected chi connectivity index (χ2v) is 12.2. The molecule has 1 fully saturated rings. The fourth-order valence-corrected chi connectivity index (χ4v) is 5.88. The average molecular weight is 637 g/mol. The average Bonchev–Trinajstić information content (AvgIpc) is 3.09.